The first kappa shape index (κ1) is 11.0. The van der Waals surface area contributed by atoms with Crippen molar-refractivity contribution in [1.82, 2.24) is 0 Å². The molecule has 0 spiro atoms. The van der Waals surface area contributed by atoms with Crippen molar-refractivity contribution in [2.45, 2.75) is 23.9 Å². The molecule has 0 aromatic heterocycles. The van der Waals surface area contributed by atoms with Crippen LogP contribution in [0.15, 0.2) is 5.18 Å². The first-order valence-corrected chi connectivity index (χ1v) is 4.29. The third-order valence-corrected chi connectivity index (χ3v) is 2.30. The van der Waals surface area contributed by atoms with Gasteiger partial charge in [0.2, 0.25) is 0 Å². The van der Waals surface area contributed by atoms with Crippen molar-refractivity contribution >= 4 is 28.5 Å². The normalized spacial score (nSPS) is 15.5. The standard InChI is InChI=1S/C6H10INO3/c1-3-6(2,7)11-4-5(9)8-10/h3-4H2,1-2H3. The Morgan fingerprint density at radius 1 is 1.73 bits per heavy atom. The average Bonchev–Trinajstić information content (AvgIpc) is 2.00. The largest absolute Gasteiger partial charge is 0.355 e. The number of nitroso groups, excluding NO2 is 1. The third kappa shape index (κ3) is 5.25. The molecule has 4 nitrogen and oxygen atoms in total. The summed E-state index contributed by atoms with van der Waals surface area (Å²) in [6.07, 6.45) is 0.777. The van der Waals surface area contributed by atoms with Crippen LogP contribution in [0.2, 0.25) is 0 Å². The molecule has 0 aromatic carbocycles. The van der Waals surface area contributed by atoms with Gasteiger partial charge in [-0.1, -0.05) is 6.92 Å². The van der Waals surface area contributed by atoms with E-state index in [4.69, 9.17) is 4.74 Å². The Morgan fingerprint density at radius 3 is 2.64 bits per heavy atom. The molecule has 5 heteroatoms. The Kier molecular flexibility index (Phi) is 4.74. The van der Waals surface area contributed by atoms with Crippen molar-refractivity contribution in [2.75, 3.05) is 6.61 Å². The van der Waals surface area contributed by atoms with Crippen molar-refractivity contribution in [3.8, 4) is 0 Å². The summed E-state index contributed by atoms with van der Waals surface area (Å²) in [6, 6.07) is 0. The molecule has 0 saturated heterocycles. The lowest BCUT2D eigenvalue weighted by Gasteiger charge is -2.19. The van der Waals surface area contributed by atoms with Gasteiger partial charge in [-0.05, 0) is 35.9 Å². The zero-order valence-electron chi connectivity index (χ0n) is 6.46. The summed E-state index contributed by atoms with van der Waals surface area (Å²) in [4.78, 5) is 20.0. The predicted molar refractivity (Wildman–Crippen MR) is 49.5 cm³/mol. The van der Waals surface area contributed by atoms with E-state index >= 15 is 0 Å². The van der Waals surface area contributed by atoms with Gasteiger partial charge in [-0.2, -0.15) is 0 Å². The Hall–Kier alpha value is -0.0400. The fourth-order valence-electron chi connectivity index (χ4n) is 0.341. The van der Waals surface area contributed by atoms with Gasteiger partial charge >= 0.3 is 5.91 Å². The van der Waals surface area contributed by atoms with Crippen LogP contribution in [0.4, 0.5) is 0 Å². The van der Waals surface area contributed by atoms with Crippen LogP contribution in [0.5, 0.6) is 0 Å². The maximum Gasteiger partial charge on any atom is 0.311 e. The molecule has 0 aromatic rings. The third-order valence-electron chi connectivity index (χ3n) is 1.23. The summed E-state index contributed by atoms with van der Waals surface area (Å²) < 4.78 is 4.70. The molecule has 1 atom stereocenters. The number of hydrogen-bond donors (Lipinski definition) is 0. The molecule has 0 rings (SSSR count). The Labute approximate surface area is 78.8 Å². The number of amides is 1. The van der Waals surface area contributed by atoms with Gasteiger partial charge in [-0.15, -0.1) is 4.91 Å². The number of halogens is 1. The number of carbonyl (C=O) groups is 1. The molecule has 0 fully saturated rings. The molecular weight excluding hydrogens is 261 g/mol. The molecule has 0 heterocycles. The topological polar surface area (TPSA) is 55.7 Å². The molecule has 0 aliphatic rings. The van der Waals surface area contributed by atoms with Crippen LogP contribution in [-0.2, 0) is 9.53 Å². The van der Waals surface area contributed by atoms with Crippen LogP contribution in [0.3, 0.4) is 0 Å². The number of carbonyl (C=O) groups excluding carboxylic acids is 1. The summed E-state index contributed by atoms with van der Waals surface area (Å²) in [6.45, 7) is 3.55. The summed E-state index contributed by atoms with van der Waals surface area (Å²) in [5.74, 6) is -0.763. The monoisotopic (exact) mass is 271 g/mol. The first-order valence-electron chi connectivity index (χ1n) is 3.21. The van der Waals surface area contributed by atoms with Gasteiger partial charge in [0.1, 0.15) is 10.2 Å². The van der Waals surface area contributed by atoms with Gasteiger partial charge < -0.3 is 4.74 Å². The van der Waals surface area contributed by atoms with Crippen LogP contribution in [0.25, 0.3) is 0 Å². The maximum absolute atomic E-state index is 10.4. The molecule has 0 radical (unpaired) electrons. The summed E-state index contributed by atoms with van der Waals surface area (Å²) in [5, 5.41) is 2.21. The summed E-state index contributed by atoms with van der Waals surface area (Å²) in [5.41, 5.74) is 0. The maximum atomic E-state index is 10.4. The molecule has 64 valence electrons. The highest BCUT2D eigenvalue weighted by atomic mass is 127. The molecule has 0 N–H and O–H groups in total. The molecule has 11 heavy (non-hydrogen) atoms. The molecule has 1 unspecified atom stereocenters. The molecular formula is C6H10INO3. The Balaban J connectivity index is 3.69. The van der Waals surface area contributed by atoms with Gasteiger partial charge in [0, 0.05) is 5.18 Å². The zero-order chi connectivity index (χ0) is 8.91. The lowest BCUT2D eigenvalue weighted by Crippen LogP contribution is -2.22. The fraction of sp³-hybridized carbons (Fsp3) is 0.833. The Morgan fingerprint density at radius 2 is 2.27 bits per heavy atom. The van der Waals surface area contributed by atoms with Crippen LogP contribution in [0, 0.1) is 4.91 Å². The second kappa shape index (κ2) is 4.76. The van der Waals surface area contributed by atoms with Crippen LogP contribution >= 0.6 is 22.6 Å². The molecule has 0 bridgehead atoms. The van der Waals surface area contributed by atoms with Gasteiger partial charge in [0.15, 0.2) is 0 Å². The molecule has 0 saturated carbocycles. The summed E-state index contributed by atoms with van der Waals surface area (Å²) in [7, 11) is 0. The number of rotatable bonds is 4. The SMILES string of the molecule is CCC(C)(I)OCC(=O)N=O. The highest BCUT2D eigenvalue weighted by Gasteiger charge is 2.19. The second-order valence-corrected chi connectivity index (χ2v) is 4.51. The van der Waals surface area contributed by atoms with E-state index in [2.05, 4.69) is 27.8 Å². The van der Waals surface area contributed by atoms with Gasteiger partial charge in [0.25, 0.3) is 0 Å². The van der Waals surface area contributed by atoms with Gasteiger partial charge in [-0.25, -0.2) is 0 Å². The fourth-order valence-corrected chi connectivity index (χ4v) is 0.496. The van der Waals surface area contributed by atoms with Gasteiger partial charge in [0.05, 0.1) is 0 Å². The van der Waals surface area contributed by atoms with Crippen molar-refractivity contribution in [2.24, 2.45) is 5.18 Å². The van der Waals surface area contributed by atoms with Crippen molar-refractivity contribution in [3.63, 3.8) is 0 Å². The number of hydrogen-bond acceptors (Lipinski definition) is 3. The smallest absolute Gasteiger partial charge is 0.311 e. The minimum Gasteiger partial charge on any atom is -0.355 e. The zero-order valence-corrected chi connectivity index (χ0v) is 8.62. The Bertz CT molecular complexity index is 158. The van der Waals surface area contributed by atoms with Crippen molar-refractivity contribution < 1.29 is 9.53 Å². The average molecular weight is 271 g/mol. The van der Waals surface area contributed by atoms with E-state index in [9.17, 15) is 9.70 Å². The van der Waals surface area contributed by atoms with E-state index in [0.717, 1.165) is 6.42 Å². The highest BCUT2D eigenvalue weighted by Crippen LogP contribution is 2.23. The van der Waals surface area contributed by atoms with E-state index in [1.54, 1.807) is 0 Å². The van der Waals surface area contributed by atoms with Crippen molar-refractivity contribution in [1.29, 1.82) is 0 Å². The lowest BCUT2D eigenvalue weighted by atomic mass is 10.3. The highest BCUT2D eigenvalue weighted by molar-refractivity contribution is 14.1. The van der Waals surface area contributed by atoms with E-state index < -0.39 is 5.91 Å². The molecule has 0 aliphatic heterocycles. The van der Waals surface area contributed by atoms with Crippen LogP contribution < -0.4 is 0 Å². The minimum absolute atomic E-state index is 0.225. The molecule has 0 aliphatic carbocycles. The van der Waals surface area contributed by atoms with E-state index in [1.807, 2.05) is 13.8 Å². The van der Waals surface area contributed by atoms with E-state index in [-0.39, 0.29) is 10.2 Å². The summed E-state index contributed by atoms with van der Waals surface area (Å²) >= 11 is 2.07. The first-order chi connectivity index (χ1) is 5.02. The second-order valence-electron chi connectivity index (χ2n) is 2.23. The van der Waals surface area contributed by atoms with Gasteiger partial charge in [-0.3, -0.25) is 4.79 Å². The van der Waals surface area contributed by atoms with E-state index in [0.29, 0.717) is 0 Å². The van der Waals surface area contributed by atoms with Crippen LogP contribution in [-0.4, -0.2) is 16.1 Å². The number of ether oxygens (including phenoxy) is 1. The number of nitrogens with zero attached hydrogens (tertiary/aromatic N) is 1. The quantitative estimate of drug-likeness (QED) is 0.445. The predicted octanol–water partition coefficient (Wildman–Crippen LogP) is 1.86. The lowest BCUT2D eigenvalue weighted by molar-refractivity contribution is -0.124. The molecule has 1 amide bonds. The number of alkyl halides is 1. The van der Waals surface area contributed by atoms with E-state index in [1.165, 1.54) is 0 Å². The van der Waals surface area contributed by atoms with Crippen molar-refractivity contribution in [3.05, 3.63) is 4.91 Å². The van der Waals surface area contributed by atoms with Crippen LogP contribution in [0.1, 0.15) is 20.3 Å². The minimum atomic E-state index is -0.763.